The first-order valence-corrected chi connectivity index (χ1v) is 19.9. The summed E-state index contributed by atoms with van der Waals surface area (Å²) in [5.74, 6) is 0. The van der Waals surface area contributed by atoms with Crippen molar-refractivity contribution in [2.24, 2.45) is 0 Å². The molecule has 55 heavy (non-hydrogen) atoms. The van der Waals surface area contributed by atoms with Gasteiger partial charge in [0, 0.05) is 48.5 Å². The van der Waals surface area contributed by atoms with Crippen LogP contribution in [0.5, 0.6) is 0 Å². The lowest BCUT2D eigenvalue weighted by Gasteiger charge is -2.13. The highest BCUT2D eigenvalue weighted by molar-refractivity contribution is 7.18. The Kier molecular flexibility index (Phi) is 7.53. The van der Waals surface area contributed by atoms with E-state index in [2.05, 4.69) is 203 Å². The highest BCUT2D eigenvalue weighted by atomic mass is 32.1. The molecule has 7 aromatic carbocycles. The molecular weight excluding hydrogens is 685 g/mol. The van der Waals surface area contributed by atoms with Gasteiger partial charge < -0.3 is 9.13 Å². The van der Waals surface area contributed by atoms with E-state index in [9.17, 15) is 0 Å². The highest BCUT2D eigenvalue weighted by Crippen LogP contribution is 2.40. The van der Waals surface area contributed by atoms with Crippen LogP contribution in [0, 0.1) is 0 Å². The summed E-state index contributed by atoms with van der Waals surface area (Å²) < 4.78 is 4.82. The van der Waals surface area contributed by atoms with E-state index in [-0.39, 0.29) is 0 Å². The third-order valence-electron chi connectivity index (χ3n) is 11.3. The molecule has 3 aromatic heterocycles. The summed E-state index contributed by atoms with van der Waals surface area (Å²) in [4.78, 5) is 2.55. The minimum absolute atomic E-state index is 1.06. The van der Waals surface area contributed by atoms with Crippen LogP contribution < -0.4 is 0 Å². The summed E-state index contributed by atoms with van der Waals surface area (Å²) in [5, 5.41) is 3.87. The van der Waals surface area contributed by atoms with Gasteiger partial charge in [-0.2, -0.15) is 0 Å². The Morgan fingerprint density at radius 1 is 0.382 bits per heavy atom. The quantitative estimate of drug-likeness (QED) is 0.162. The number of benzene rings is 7. The van der Waals surface area contributed by atoms with Gasteiger partial charge in [-0.3, -0.25) is 0 Å². The normalized spacial score (nSPS) is 12.5. The van der Waals surface area contributed by atoms with Crippen LogP contribution in [-0.2, 0) is 6.42 Å². The van der Waals surface area contributed by atoms with Gasteiger partial charge in [-0.1, -0.05) is 127 Å². The van der Waals surface area contributed by atoms with Crippen LogP contribution in [-0.4, -0.2) is 9.13 Å². The van der Waals surface area contributed by atoms with Gasteiger partial charge in [-0.05, 0) is 113 Å². The Labute approximate surface area is 324 Å². The Balaban J connectivity index is 0.862. The summed E-state index contributed by atoms with van der Waals surface area (Å²) in [6.45, 7) is 0. The summed E-state index contributed by atoms with van der Waals surface area (Å²) in [6, 6.07) is 66.6. The maximum absolute atomic E-state index is 2.45. The van der Waals surface area contributed by atoms with Crippen LogP contribution in [0.15, 0.2) is 188 Å². The number of rotatable bonds is 6. The second-order valence-corrected chi connectivity index (χ2v) is 15.5. The summed E-state index contributed by atoms with van der Waals surface area (Å²) >= 11 is 1.85. The largest absolute Gasteiger partial charge is 0.313 e. The molecule has 0 amide bonds. The van der Waals surface area contributed by atoms with Crippen LogP contribution in [0.4, 0.5) is 0 Å². The summed E-state index contributed by atoms with van der Waals surface area (Å²) in [7, 11) is 0. The van der Waals surface area contributed by atoms with E-state index < -0.39 is 0 Å². The molecule has 1 aliphatic carbocycles. The molecule has 0 N–H and O–H groups in total. The first kappa shape index (κ1) is 31.8. The second-order valence-electron chi connectivity index (χ2n) is 14.4. The van der Waals surface area contributed by atoms with Crippen molar-refractivity contribution in [1.82, 2.24) is 9.13 Å². The Bertz CT molecular complexity index is 3050. The number of allylic oxidation sites excluding steroid dienone is 1. The van der Waals surface area contributed by atoms with E-state index in [1.54, 1.807) is 0 Å². The van der Waals surface area contributed by atoms with Crippen LogP contribution >= 0.6 is 11.3 Å². The molecule has 0 saturated heterocycles. The lowest BCUT2D eigenvalue weighted by Crippen LogP contribution is -2.02. The van der Waals surface area contributed by atoms with E-state index in [1.165, 1.54) is 98.5 Å². The molecule has 0 fully saturated rings. The molecule has 0 radical (unpaired) electrons. The first-order valence-electron chi connectivity index (χ1n) is 19.1. The molecule has 0 aliphatic heterocycles. The lowest BCUT2D eigenvalue weighted by atomic mass is 9.98. The van der Waals surface area contributed by atoms with Crippen LogP contribution in [0.3, 0.4) is 0 Å². The standard InChI is InChI=1S/C52H36N2S/c1-3-11-41(12-4-1)53-47-17-9-7-15-43(47)45-33-39(27-29-49(45)53)35-19-23-37(24-20-35)51-31-32-52(55-51)38-25-21-36(22-26-38)40-28-30-50-46(34-40)44-16-8-10-18-48(44)54(50)42-13-5-2-6-14-42/h1-9,11-17,19-34H,10,18H2. The van der Waals surface area contributed by atoms with Gasteiger partial charge in [0.25, 0.3) is 0 Å². The first-order chi connectivity index (χ1) is 27.3. The number of fused-ring (bicyclic) bond motifs is 6. The van der Waals surface area contributed by atoms with Crippen molar-refractivity contribution >= 4 is 50.1 Å². The van der Waals surface area contributed by atoms with E-state index in [0.717, 1.165) is 12.8 Å². The molecule has 0 atom stereocenters. The van der Waals surface area contributed by atoms with Gasteiger partial charge >= 0.3 is 0 Å². The van der Waals surface area contributed by atoms with Gasteiger partial charge in [0.05, 0.1) is 16.6 Å². The Hall–Kier alpha value is -6.68. The molecule has 260 valence electrons. The molecule has 0 saturated carbocycles. The van der Waals surface area contributed by atoms with Crippen molar-refractivity contribution in [2.75, 3.05) is 0 Å². The average Bonchev–Trinajstić information content (AvgIpc) is 3.97. The van der Waals surface area contributed by atoms with Crippen molar-refractivity contribution in [3.63, 3.8) is 0 Å². The van der Waals surface area contributed by atoms with E-state index in [4.69, 9.17) is 0 Å². The SMILES string of the molecule is C1=Cc2c(n(-c3ccccc3)c3ccc(-c4ccc(-c5ccc(-c6ccc(-c7ccc8c(c7)c7ccccc7n8-c7ccccc7)cc6)s5)cc4)cc23)CC1. The van der Waals surface area contributed by atoms with Gasteiger partial charge in [0.1, 0.15) is 0 Å². The number of para-hydroxylation sites is 3. The Morgan fingerprint density at radius 2 is 0.873 bits per heavy atom. The second kappa shape index (κ2) is 13.0. The molecule has 3 heterocycles. The van der Waals surface area contributed by atoms with Crippen molar-refractivity contribution in [2.45, 2.75) is 12.8 Å². The fraction of sp³-hybridized carbons (Fsp3) is 0.0385. The lowest BCUT2D eigenvalue weighted by molar-refractivity contribution is 0.888. The molecule has 3 heteroatoms. The Morgan fingerprint density at radius 3 is 1.51 bits per heavy atom. The van der Waals surface area contributed by atoms with E-state index in [1.807, 2.05) is 11.3 Å². The number of aromatic nitrogens is 2. The van der Waals surface area contributed by atoms with Crippen LogP contribution in [0.1, 0.15) is 17.7 Å². The van der Waals surface area contributed by atoms with Crippen molar-refractivity contribution in [1.29, 1.82) is 0 Å². The third kappa shape index (κ3) is 5.39. The smallest absolute Gasteiger partial charge is 0.0541 e. The topological polar surface area (TPSA) is 9.86 Å². The highest BCUT2D eigenvalue weighted by Gasteiger charge is 2.19. The number of hydrogen-bond acceptors (Lipinski definition) is 1. The minimum atomic E-state index is 1.06. The minimum Gasteiger partial charge on any atom is -0.313 e. The predicted octanol–water partition coefficient (Wildman–Crippen LogP) is 14.4. The monoisotopic (exact) mass is 720 g/mol. The maximum atomic E-state index is 2.45. The van der Waals surface area contributed by atoms with Crippen LogP contribution in [0.25, 0.3) is 93.3 Å². The third-order valence-corrected chi connectivity index (χ3v) is 12.4. The zero-order valence-electron chi connectivity index (χ0n) is 30.2. The summed E-state index contributed by atoms with van der Waals surface area (Å²) in [5.41, 5.74) is 16.3. The molecule has 0 spiro atoms. The average molecular weight is 721 g/mol. The van der Waals surface area contributed by atoms with E-state index >= 15 is 0 Å². The molecule has 11 rings (SSSR count). The van der Waals surface area contributed by atoms with Crippen molar-refractivity contribution in [3.8, 4) is 54.5 Å². The van der Waals surface area contributed by atoms with Gasteiger partial charge in [-0.25, -0.2) is 0 Å². The van der Waals surface area contributed by atoms with Gasteiger partial charge in [0.15, 0.2) is 0 Å². The van der Waals surface area contributed by atoms with Gasteiger partial charge in [-0.15, -0.1) is 11.3 Å². The molecule has 2 nitrogen and oxygen atoms in total. The van der Waals surface area contributed by atoms with Crippen molar-refractivity contribution < 1.29 is 0 Å². The number of hydrogen-bond donors (Lipinski definition) is 0. The van der Waals surface area contributed by atoms with Crippen molar-refractivity contribution in [3.05, 3.63) is 199 Å². The molecule has 10 aromatic rings. The zero-order chi connectivity index (χ0) is 36.3. The van der Waals surface area contributed by atoms with E-state index in [0.29, 0.717) is 0 Å². The fourth-order valence-electron chi connectivity index (χ4n) is 8.58. The maximum Gasteiger partial charge on any atom is 0.0541 e. The fourth-order valence-corrected chi connectivity index (χ4v) is 9.60. The molecular formula is C52H36N2S. The van der Waals surface area contributed by atoms with Gasteiger partial charge in [0.2, 0.25) is 0 Å². The number of nitrogens with zero attached hydrogens (tertiary/aromatic N) is 2. The molecule has 0 bridgehead atoms. The molecule has 0 unspecified atom stereocenters. The zero-order valence-corrected chi connectivity index (χ0v) is 31.0. The van der Waals surface area contributed by atoms with Crippen LogP contribution in [0.2, 0.25) is 0 Å². The predicted molar refractivity (Wildman–Crippen MR) is 235 cm³/mol. The molecule has 1 aliphatic rings. The number of thiophene rings is 1. The summed E-state index contributed by atoms with van der Waals surface area (Å²) in [6.07, 6.45) is 6.78.